The topological polar surface area (TPSA) is 61.5 Å². The molecule has 1 atom stereocenters. The number of hydrogen-bond acceptors (Lipinski definition) is 4. The fraction of sp³-hybridized carbons (Fsp3) is 0.500. The van der Waals surface area contributed by atoms with E-state index in [9.17, 15) is 4.79 Å². The van der Waals surface area contributed by atoms with Gasteiger partial charge in [0, 0.05) is 18.0 Å². The Morgan fingerprint density at radius 2 is 1.83 bits per heavy atom. The third-order valence-electron chi connectivity index (χ3n) is 3.06. The zero-order valence-electron chi connectivity index (χ0n) is 11.4. The van der Waals surface area contributed by atoms with Gasteiger partial charge in [0.05, 0.1) is 14.2 Å². The molecule has 0 aromatic heterocycles. The maximum Gasteiger partial charge on any atom is 0.167 e. The number of ether oxygens (including phenoxy) is 2. The summed E-state index contributed by atoms with van der Waals surface area (Å²) in [5.41, 5.74) is 6.27. The van der Waals surface area contributed by atoms with Crippen molar-refractivity contribution in [3.05, 3.63) is 23.8 Å². The third-order valence-corrected chi connectivity index (χ3v) is 3.06. The highest BCUT2D eigenvalue weighted by atomic mass is 16.5. The fourth-order valence-corrected chi connectivity index (χ4v) is 1.89. The molecule has 0 heterocycles. The van der Waals surface area contributed by atoms with Crippen LogP contribution in [0.5, 0.6) is 11.5 Å². The Kier molecular flexibility index (Phi) is 5.16. The third kappa shape index (κ3) is 3.01. The van der Waals surface area contributed by atoms with Gasteiger partial charge in [-0.1, -0.05) is 13.8 Å². The van der Waals surface area contributed by atoms with Crippen LogP contribution in [0.1, 0.15) is 24.2 Å². The first-order valence-corrected chi connectivity index (χ1v) is 6.01. The van der Waals surface area contributed by atoms with E-state index in [4.69, 9.17) is 15.2 Å². The monoisotopic (exact) mass is 251 g/mol. The van der Waals surface area contributed by atoms with Crippen molar-refractivity contribution in [3.63, 3.8) is 0 Å². The molecule has 0 saturated heterocycles. The van der Waals surface area contributed by atoms with E-state index < -0.39 is 0 Å². The molecule has 1 unspecified atom stereocenters. The number of carbonyl (C=O) groups excluding carboxylic acids is 1. The summed E-state index contributed by atoms with van der Waals surface area (Å²) in [4.78, 5) is 12.3. The Hall–Kier alpha value is -1.55. The highest BCUT2D eigenvalue weighted by molar-refractivity contribution is 5.98. The highest BCUT2D eigenvalue weighted by Crippen LogP contribution is 2.29. The molecule has 1 rings (SSSR count). The molecule has 2 N–H and O–H groups in total. The lowest BCUT2D eigenvalue weighted by molar-refractivity contribution is 0.0891. The minimum absolute atomic E-state index is 0.0495. The van der Waals surface area contributed by atoms with E-state index >= 15 is 0 Å². The Morgan fingerprint density at radius 3 is 2.28 bits per heavy atom. The van der Waals surface area contributed by atoms with E-state index in [0.29, 0.717) is 23.6 Å². The van der Waals surface area contributed by atoms with E-state index in [2.05, 4.69) is 0 Å². The number of Topliss-reactive ketones (excluding diaryl/α,β-unsaturated/α-hetero) is 1. The second-order valence-electron chi connectivity index (χ2n) is 4.52. The number of ketones is 1. The number of benzene rings is 1. The largest absolute Gasteiger partial charge is 0.493 e. The molecule has 0 radical (unpaired) electrons. The maximum absolute atomic E-state index is 12.3. The smallest absolute Gasteiger partial charge is 0.167 e. The van der Waals surface area contributed by atoms with Crippen molar-refractivity contribution in [1.29, 1.82) is 0 Å². The Bertz CT molecular complexity index is 416. The first kappa shape index (κ1) is 14.5. The van der Waals surface area contributed by atoms with Gasteiger partial charge >= 0.3 is 0 Å². The standard InChI is InChI=1S/C14H21NO3/c1-9(2)11(8-15)14(16)10-5-6-12(17-3)13(7-10)18-4/h5-7,9,11H,8,15H2,1-4H3. The molecule has 4 heteroatoms. The molecule has 4 nitrogen and oxygen atoms in total. The second kappa shape index (κ2) is 6.40. The summed E-state index contributed by atoms with van der Waals surface area (Å²) in [6.07, 6.45) is 0. The predicted octanol–water partition coefficient (Wildman–Crippen LogP) is 2.12. The van der Waals surface area contributed by atoms with Gasteiger partial charge in [0.25, 0.3) is 0 Å². The summed E-state index contributed by atoms with van der Waals surface area (Å²) in [7, 11) is 3.12. The van der Waals surface area contributed by atoms with Crippen LogP contribution in [0, 0.1) is 11.8 Å². The lowest BCUT2D eigenvalue weighted by atomic mass is 9.88. The SMILES string of the molecule is COc1ccc(C(=O)C(CN)C(C)C)cc1OC. The van der Waals surface area contributed by atoms with Crippen LogP contribution in [0.25, 0.3) is 0 Å². The summed E-state index contributed by atoms with van der Waals surface area (Å²) in [5.74, 6) is 1.28. The highest BCUT2D eigenvalue weighted by Gasteiger charge is 2.22. The molecular weight excluding hydrogens is 230 g/mol. The molecule has 18 heavy (non-hydrogen) atoms. The molecular formula is C14H21NO3. The predicted molar refractivity (Wildman–Crippen MR) is 71.3 cm³/mol. The molecule has 0 aliphatic heterocycles. The Labute approximate surface area is 108 Å². The van der Waals surface area contributed by atoms with Gasteiger partial charge in [-0.2, -0.15) is 0 Å². The van der Waals surface area contributed by atoms with Crippen molar-refractivity contribution in [2.75, 3.05) is 20.8 Å². The van der Waals surface area contributed by atoms with Crippen molar-refractivity contribution in [2.24, 2.45) is 17.6 Å². The van der Waals surface area contributed by atoms with Crippen LogP contribution in [-0.4, -0.2) is 26.5 Å². The summed E-state index contributed by atoms with van der Waals surface area (Å²) in [5, 5.41) is 0. The summed E-state index contributed by atoms with van der Waals surface area (Å²) in [6, 6.07) is 5.18. The number of nitrogens with two attached hydrogens (primary N) is 1. The molecule has 0 fully saturated rings. The van der Waals surface area contributed by atoms with Gasteiger partial charge in [0.15, 0.2) is 17.3 Å². The van der Waals surface area contributed by atoms with Gasteiger partial charge in [0.2, 0.25) is 0 Å². The molecule has 0 amide bonds. The fourth-order valence-electron chi connectivity index (χ4n) is 1.89. The second-order valence-corrected chi connectivity index (χ2v) is 4.52. The molecule has 1 aromatic rings. The first-order chi connectivity index (χ1) is 8.54. The molecule has 0 saturated carbocycles. The lowest BCUT2D eigenvalue weighted by Crippen LogP contribution is -2.28. The molecule has 100 valence electrons. The van der Waals surface area contributed by atoms with E-state index in [-0.39, 0.29) is 17.6 Å². The van der Waals surface area contributed by atoms with Gasteiger partial charge in [-0.15, -0.1) is 0 Å². The minimum Gasteiger partial charge on any atom is -0.493 e. The van der Waals surface area contributed by atoms with Crippen LogP contribution in [0.4, 0.5) is 0 Å². The minimum atomic E-state index is -0.164. The summed E-state index contributed by atoms with van der Waals surface area (Å²) >= 11 is 0. The zero-order chi connectivity index (χ0) is 13.7. The van der Waals surface area contributed by atoms with Crippen LogP contribution in [0.2, 0.25) is 0 Å². The average molecular weight is 251 g/mol. The van der Waals surface area contributed by atoms with Crippen LogP contribution in [-0.2, 0) is 0 Å². The number of hydrogen-bond donors (Lipinski definition) is 1. The zero-order valence-corrected chi connectivity index (χ0v) is 11.4. The quantitative estimate of drug-likeness (QED) is 0.787. The van der Waals surface area contributed by atoms with Crippen LogP contribution >= 0.6 is 0 Å². The number of methoxy groups -OCH3 is 2. The van der Waals surface area contributed by atoms with Crippen molar-refractivity contribution < 1.29 is 14.3 Å². The molecule has 0 aliphatic rings. The van der Waals surface area contributed by atoms with Gasteiger partial charge < -0.3 is 15.2 Å². The van der Waals surface area contributed by atoms with Crippen molar-refractivity contribution >= 4 is 5.78 Å². The summed E-state index contributed by atoms with van der Waals surface area (Å²) in [6.45, 7) is 4.34. The van der Waals surface area contributed by atoms with Crippen molar-refractivity contribution in [1.82, 2.24) is 0 Å². The van der Waals surface area contributed by atoms with E-state index in [0.717, 1.165) is 0 Å². The molecule has 1 aromatic carbocycles. The van der Waals surface area contributed by atoms with Gasteiger partial charge in [-0.25, -0.2) is 0 Å². The Morgan fingerprint density at radius 1 is 1.22 bits per heavy atom. The lowest BCUT2D eigenvalue weighted by Gasteiger charge is -2.18. The van der Waals surface area contributed by atoms with Gasteiger partial charge in [0.1, 0.15) is 0 Å². The van der Waals surface area contributed by atoms with E-state index in [1.807, 2.05) is 13.8 Å². The van der Waals surface area contributed by atoms with Crippen molar-refractivity contribution in [2.45, 2.75) is 13.8 Å². The van der Waals surface area contributed by atoms with E-state index in [1.165, 1.54) is 0 Å². The maximum atomic E-state index is 12.3. The first-order valence-electron chi connectivity index (χ1n) is 6.01. The van der Waals surface area contributed by atoms with Gasteiger partial charge in [-0.3, -0.25) is 4.79 Å². The number of rotatable bonds is 6. The van der Waals surface area contributed by atoms with Crippen LogP contribution in [0.15, 0.2) is 18.2 Å². The molecule has 0 spiro atoms. The average Bonchev–Trinajstić information content (AvgIpc) is 2.38. The van der Waals surface area contributed by atoms with Crippen LogP contribution in [0.3, 0.4) is 0 Å². The molecule has 0 aliphatic carbocycles. The number of carbonyl (C=O) groups is 1. The van der Waals surface area contributed by atoms with Gasteiger partial charge in [-0.05, 0) is 24.1 Å². The molecule has 0 bridgehead atoms. The van der Waals surface area contributed by atoms with E-state index in [1.54, 1.807) is 32.4 Å². The summed E-state index contributed by atoms with van der Waals surface area (Å²) < 4.78 is 10.3. The van der Waals surface area contributed by atoms with Crippen molar-refractivity contribution in [3.8, 4) is 11.5 Å². The van der Waals surface area contributed by atoms with Crippen LogP contribution < -0.4 is 15.2 Å². The Balaban J connectivity index is 3.06. The normalized spacial score (nSPS) is 12.3.